The zero-order valence-corrected chi connectivity index (χ0v) is 12.1. The Labute approximate surface area is 122 Å². The average molecular weight is 318 g/mol. The fraction of sp³-hybridized carbons (Fsp3) is 0.417. The van der Waals surface area contributed by atoms with E-state index in [1.54, 1.807) is 6.07 Å². The van der Waals surface area contributed by atoms with Crippen molar-refractivity contribution >= 4 is 33.1 Å². The van der Waals surface area contributed by atoms with Gasteiger partial charge in [-0.05, 0) is 19.9 Å². The fourth-order valence-corrected chi connectivity index (χ4v) is 2.84. The van der Waals surface area contributed by atoms with E-state index in [0.717, 1.165) is 16.2 Å². The maximum absolute atomic E-state index is 12.6. The van der Waals surface area contributed by atoms with E-state index in [-0.39, 0.29) is 10.6 Å². The summed E-state index contributed by atoms with van der Waals surface area (Å²) in [5, 5.41) is 8.01. The zero-order chi connectivity index (χ0) is 15.8. The number of anilines is 1. The molecule has 0 saturated carbocycles. The number of nitrogen functional groups attached to an aromatic ring is 1. The molecule has 9 heteroatoms. The molecule has 114 valence electrons. The Balaban J connectivity index is 2.41. The van der Waals surface area contributed by atoms with E-state index in [4.69, 9.17) is 5.73 Å². The van der Waals surface area contributed by atoms with E-state index in [1.165, 1.54) is 20.0 Å². The van der Waals surface area contributed by atoms with Gasteiger partial charge in [0, 0.05) is 11.4 Å². The Morgan fingerprint density at radius 2 is 2.14 bits per heavy atom. The van der Waals surface area contributed by atoms with Crippen LogP contribution in [0.25, 0.3) is 10.2 Å². The maximum atomic E-state index is 12.6. The lowest BCUT2D eigenvalue weighted by Gasteiger charge is -2.27. The topological polar surface area (TPSA) is 72.1 Å². The van der Waals surface area contributed by atoms with Gasteiger partial charge in [-0.1, -0.05) is 0 Å². The molecular weight excluding hydrogens is 305 g/mol. The Morgan fingerprint density at radius 3 is 2.67 bits per heavy atom. The number of nitrogens with zero attached hydrogens (tertiary/aromatic N) is 3. The number of alkyl halides is 3. The lowest BCUT2D eigenvalue weighted by molar-refractivity contribution is -0.143. The first kappa shape index (κ1) is 15.5. The van der Waals surface area contributed by atoms with Crippen LogP contribution >= 0.6 is 11.3 Å². The summed E-state index contributed by atoms with van der Waals surface area (Å²) >= 11 is 0.947. The summed E-state index contributed by atoms with van der Waals surface area (Å²) in [5.74, 6) is -0.747. The second-order valence-electron chi connectivity index (χ2n) is 4.74. The van der Waals surface area contributed by atoms with Gasteiger partial charge in [0.2, 0.25) is 0 Å². The van der Waals surface area contributed by atoms with Crippen molar-refractivity contribution in [3.8, 4) is 0 Å². The van der Waals surface area contributed by atoms with Crippen molar-refractivity contribution in [2.75, 3.05) is 12.3 Å². The molecule has 0 saturated heterocycles. The third kappa shape index (κ3) is 3.23. The SMILES string of the molecule is CC(C)N(CC(F)(F)F)C(=O)c1sc2nnccc2c1N. The molecule has 0 bridgehead atoms. The third-order valence-electron chi connectivity index (χ3n) is 2.85. The molecule has 0 fully saturated rings. The zero-order valence-electron chi connectivity index (χ0n) is 11.3. The van der Waals surface area contributed by atoms with Crippen molar-refractivity contribution in [3.05, 3.63) is 17.1 Å². The summed E-state index contributed by atoms with van der Waals surface area (Å²) in [4.78, 5) is 13.6. The number of hydrogen-bond acceptors (Lipinski definition) is 5. The highest BCUT2D eigenvalue weighted by Gasteiger charge is 2.35. The van der Waals surface area contributed by atoms with Gasteiger partial charge in [-0.3, -0.25) is 4.79 Å². The van der Waals surface area contributed by atoms with Crippen molar-refractivity contribution in [2.24, 2.45) is 0 Å². The van der Waals surface area contributed by atoms with Gasteiger partial charge in [-0.15, -0.1) is 16.4 Å². The number of amides is 1. The van der Waals surface area contributed by atoms with Crippen molar-refractivity contribution in [3.63, 3.8) is 0 Å². The van der Waals surface area contributed by atoms with Gasteiger partial charge >= 0.3 is 6.18 Å². The summed E-state index contributed by atoms with van der Waals surface area (Å²) in [6.07, 6.45) is -3.05. The molecular formula is C12H13F3N4OS. The smallest absolute Gasteiger partial charge is 0.397 e. The number of rotatable bonds is 3. The number of halogens is 3. The van der Waals surface area contributed by atoms with Crippen LogP contribution in [0.15, 0.2) is 12.3 Å². The normalized spacial score (nSPS) is 12.1. The molecule has 1 amide bonds. The van der Waals surface area contributed by atoms with Crippen LogP contribution < -0.4 is 5.73 Å². The highest BCUT2D eigenvalue weighted by atomic mass is 32.1. The summed E-state index contributed by atoms with van der Waals surface area (Å²) in [6.45, 7) is 1.72. The molecule has 21 heavy (non-hydrogen) atoms. The van der Waals surface area contributed by atoms with Crippen molar-refractivity contribution in [2.45, 2.75) is 26.1 Å². The van der Waals surface area contributed by atoms with Crippen LogP contribution in [0.5, 0.6) is 0 Å². The molecule has 0 aliphatic rings. The Kier molecular flexibility index (Phi) is 4.04. The van der Waals surface area contributed by atoms with Crippen LogP contribution in [-0.2, 0) is 0 Å². The molecule has 2 aromatic rings. The van der Waals surface area contributed by atoms with Gasteiger partial charge in [-0.25, -0.2) is 0 Å². The first-order valence-corrected chi connectivity index (χ1v) is 6.89. The number of thiophene rings is 1. The summed E-state index contributed by atoms with van der Waals surface area (Å²) in [6, 6.07) is 0.976. The molecule has 2 N–H and O–H groups in total. The van der Waals surface area contributed by atoms with Crippen LogP contribution in [-0.4, -0.2) is 39.8 Å². The molecule has 5 nitrogen and oxygen atoms in total. The predicted octanol–water partition coefficient (Wildman–Crippen LogP) is 2.69. The number of carbonyl (C=O) groups is 1. The van der Waals surface area contributed by atoms with Crippen LogP contribution in [0, 0.1) is 0 Å². The Hall–Kier alpha value is -1.90. The lowest BCUT2D eigenvalue weighted by atomic mass is 10.2. The summed E-state index contributed by atoms with van der Waals surface area (Å²) in [5.41, 5.74) is 6.00. The molecule has 0 aliphatic heterocycles. The van der Waals surface area contributed by atoms with Crippen molar-refractivity contribution < 1.29 is 18.0 Å². The molecule has 0 radical (unpaired) electrons. The van der Waals surface area contributed by atoms with Gasteiger partial charge in [0.25, 0.3) is 5.91 Å². The number of hydrogen-bond donors (Lipinski definition) is 1. The third-order valence-corrected chi connectivity index (χ3v) is 3.94. The largest absolute Gasteiger partial charge is 0.406 e. The second kappa shape index (κ2) is 5.47. The summed E-state index contributed by atoms with van der Waals surface area (Å²) < 4.78 is 37.8. The highest BCUT2D eigenvalue weighted by Crippen LogP contribution is 2.33. The van der Waals surface area contributed by atoms with Crippen LogP contribution in [0.1, 0.15) is 23.5 Å². The van der Waals surface area contributed by atoms with Crippen LogP contribution in [0.3, 0.4) is 0 Å². The number of fused-ring (bicyclic) bond motifs is 1. The first-order valence-electron chi connectivity index (χ1n) is 6.08. The fourth-order valence-electron chi connectivity index (χ4n) is 1.84. The lowest BCUT2D eigenvalue weighted by Crippen LogP contribution is -2.43. The van der Waals surface area contributed by atoms with E-state index in [2.05, 4.69) is 10.2 Å². The van der Waals surface area contributed by atoms with Crippen molar-refractivity contribution in [1.82, 2.24) is 15.1 Å². The minimum Gasteiger partial charge on any atom is -0.397 e. The molecule has 2 rings (SSSR count). The first-order chi connectivity index (χ1) is 9.70. The molecule has 0 spiro atoms. The van der Waals surface area contributed by atoms with Gasteiger partial charge in [-0.2, -0.15) is 18.3 Å². The van der Waals surface area contributed by atoms with Gasteiger partial charge < -0.3 is 10.6 Å². The number of nitrogens with two attached hydrogens (primary N) is 1. The number of aromatic nitrogens is 2. The monoisotopic (exact) mass is 318 g/mol. The van der Waals surface area contributed by atoms with Crippen LogP contribution in [0.4, 0.5) is 18.9 Å². The van der Waals surface area contributed by atoms with Gasteiger partial charge in [0.1, 0.15) is 16.3 Å². The van der Waals surface area contributed by atoms with E-state index >= 15 is 0 Å². The van der Waals surface area contributed by atoms with Gasteiger partial charge in [0.05, 0.1) is 11.9 Å². The van der Waals surface area contributed by atoms with Crippen molar-refractivity contribution in [1.29, 1.82) is 0 Å². The Morgan fingerprint density at radius 1 is 1.48 bits per heavy atom. The highest BCUT2D eigenvalue weighted by molar-refractivity contribution is 7.21. The maximum Gasteiger partial charge on any atom is 0.406 e. The molecule has 0 aromatic carbocycles. The molecule has 2 heterocycles. The van der Waals surface area contributed by atoms with Crippen LogP contribution in [0.2, 0.25) is 0 Å². The average Bonchev–Trinajstić information content (AvgIpc) is 2.72. The van der Waals surface area contributed by atoms with E-state index in [9.17, 15) is 18.0 Å². The number of carbonyl (C=O) groups excluding carboxylic acids is 1. The Bertz CT molecular complexity index is 668. The molecule has 0 unspecified atom stereocenters. The minimum absolute atomic E-state index is 0.0588. The van der Waals surface area contributed by atoms with E-state index < -0.39 is 24.7 Å². The molecule has 0 atom stereocenters. The van der Waals surface area contributed by atoms with Gasteiger partial charge in [0.15, 0.2) is 0 Å². The molecule has 2 aromatic heterocycles. The minimum atomic E-state index is -4.47. The quantitative estimate of drug-likeness (QED) is 0.944. The molecule has 0 aliphatic carbocycles. The second-order valence-corrected chi connectivity index (χ2v) is 5.74. The standard InChI is InChI=1S/C12H13F3N4OS/c1-6(2)19(5-12(13,14)15)11(20)9-8(16)7-3-4-17-18-10(7)21-9/h3-4,6H,5,16H2,1-2H3. The predicted molar refractivity (Wildman–Crippen MR) is 74.1 cm³/mol. The summed E-state index contributed by atoms with van der Waals surface area (Å²) in [7, 11) is 0. The van der Waals surface area contributed by atoms with E-state index in [0.29, 0.717) is 10.2 Å². The van der Waals surface area contributed by atoms with E-state index in [1.807, 2.05) is 0 Å².